The smallest absolute Gasteiger partial charge is 0.270 e. The number of anilines is 1. The van der Waals surface area contributed by atoms with E-state index in [-0.39, 0.29) is 29.7 Å². The van der Waals surface area contributed by atoms with Crippen LogP contribution in [0.3, 0.4) is 0 Å². The van der Waals surface area contributed by atoms with Gasteiger partial charge in [0.2, 0.25) is 0 Å². The molecule has 0 radical (unpaired) electrons. The highest BCUT2D eigenvalue weighted by Gasteiger charge is 2.24. The molecule has 2 amide bonds. The summed E-state index contributed by atoms with van der Waals surface area (Å²) in [4.78, 5) is 37.7. The maximum absolute atomic E-state index is 12.1. The molecule has 2 aromatic carbocycles. The van der Waals surface area contributed by atoms with Gasteiger partial charge in [0.15, 0.2) is 0 Å². The first-order valence-electron chi connectivity index (χ1n) is 11.3. The Labute approximate surface area is 197 Å². The summed E-state index contributed by atoms with van der Waals surface area (Å²) >= 11 is 0. The van der Waals surface area contributed by atoms with Crippen LogP contribution in [0.5, 0.6) is 0 Å². The number of rotatable bonds is 3. The SMILES string of the molecule is Nc1cccc(C(=O)N2CCC(O)CC2)c1.O=C(c1cccc([N+](=O)[O-])c1)N1CCC(O)CC1. The Morgan fingerprint density at radius 2 is 1.26 bits per heavy atom. The molecule has 2 aromatic rings. The molecule has 182 valence electrons. The van der Waals surface area contributed by atoms with Crippen molar-refractivity contribution < 1.29 is 24.7 Å². The lowest BCUT2D eigenvalue weighted by molar-refractivity contribution is -0.384. The molecule has 10 heteroatoms. The number of nitrogens with zero attached hydrogens (tertiary/aromatic N) is 3. The second-order valence-electron chi connectivity index (χ2n) is 8.48. The number of nitro benzene ring substituents is 1. The summed E-state index contributed by atoms with van der Waals surface area (Å²) in [6, 6.07) is 12.7. The maximum atomic E-state index is 12.1. The quantitative estimate of drug-likeness (QED) is 0.353. The molecule has 4 rings (SSSR count). The first-order chi connectivity index (χ1) is 16.2. The number of nitro groups is 1. The lowest BCUT2D eigenvalue weighted by Gasteiger charge is -2.29. The average molecular weight is 471 g/mol. The van der Waals surface area contributed by atoms with Crippen LogP contribution >= 0.6 is 0 Å². The minimum Gasteiger partial charge on any atom is -0.399 e. The van der Waals surface area contributed by atoms with Crippen molar-refractivity contribution in [1.82, 2.24) is 9.80 Å². The number of likely N-dealkylation sites (tertiary alicyclic amines) is 2. The van der Waals surface area contributed by atoms with E-state index >= 15 is 0 Å². The molecule has 2 saturated heterocycles. The van der Waals surface area contributed by atoms with E-state index in [1.807, 2.05) is 0 Å². The van der Waals surface area contributed by atoms with Crippen LogP contribution in [0.2, 0.25) is 0 Å². The second-order valence-corrected chi connectivity index (χ2v) is 8.48. The fourth-order valence-electron chi connectivity index (χ4n) is 3.93. The van der Waals surface area contributed by atoms with Gasteiger partial charge in [-0.2, -0.15) is 0 Å². The first kappa shape index (κ1) is 25.1. The molecule has 2 aliphatic rings. The van der Waals surface area contributed by atoms with E-state index in [1.165, 1.54) is 18.2 Å². The van der Waals surface area contributed by atoms with Gasteiger partial charge in [0.05, 0.1) is 17.1 Å². The van der Waals surface area contributed by atoms with Crippen molar-refractivity contribution in [3.05, 3.63) is 69.8 Å². The van der Waals surface area contributed by atoms with Gasteiger partial charge in [-0.15, -0.1) is 0 Å². The van der Waals surface area contributed by atoms with Gasteiger partial charge < -0.3 is 25.7 Å². The van der Waals surface area contributed by atoms with Crippen LogP contribution in [-0.4, -0.2) is 75.1 Å². The number of piperidine rings is 2. The predicted octanol–water partition coefficient (Wildman–Crippen LogP) is 2.06. The van der Waals surface area contributed by atoms with E-state index in [4.69, 9.17) is 5.73 Å². The molecule has 4 N–H and O–H groups in total. The third kappa shape index (κ3) is 6.75. The van der Waals surface area contributed by atoms with Gasteiger partial charge in [0, 0.05) is 55.1 Å². The Balaban J connectivity index is 0.000000192. The molecule has 2 fully saturated rings. The Kier molecular flexibility index (Phi) is 8.55. The zero-order valence-corrected chi connectivity index (χ0v) is 18.9. The fourth-order valence-corrected chi connectivity index (χ4v) is 3.93. The monoisotopic (exact) mass is 470 g/mol. The van der Waals surface area contributed by atoms with E-state index in [2.05, 4.69) is 0 Å². The number of amides is 2. The van der Waals surface area contributed by atoms with E-state index < -0.39 is 4.92 Å². The van der Waals surface area contributed by atoms with Crippen LogP contribution < -0.4 is 5.73 Å². The summed E-state index contributed by atoms with van der Waals surface area (Å²) in [7, 11) is 0. The Morgan fingerprint density at radius 1 is 0.824 bits per heavy atom. The van der Waals surface area contributed by atoms with Crippen molar-refractivity contribution in [2.24, 2.45) is 0 Å². The molecule has 2 heterocycles. The third-order valence-electron chi connectivity index (χ3n) is 5.94. The standard InChI is InChI=1S/C12H14N2O4.C12H16N2O2/c15-11-4-6-13(7-5-11)12(16)9-2-1-3-10(8-9)14(17)18;13-10-3-1-2-9(8-10)12(16)14-6-4-11(15)5-7-14/h1-3,8,11,15H,4-7H2;1-3,8,11,15H,4-7,13H2. The van der Waals surface area contributed by atoms with Crippen molar-refractivity contribution >= 4 is 23.2 Å². The zero-order chi connectivity index (χ0) is 24.7. The second kappa shape index (κ2) is 11.6. The Hall–Kier alpha value is -3.50. The Bertz CT molecular complexity index is 1010. The molecule has 0 aliphatic carbocycles. The lowest BCUT2D eigenvalue weighted by Crippen LogP contribution is -2.40. The molecule has 0 unspecified atom stereocenters. The summed E-state index contributed by atoms with van der Waals surface area (Å²) in [6.07, 6.45) is 1.83. The summed E-state index contributed by atoms with van der Waals surface area (Å²) < 4.78 is 0. The molecular formula is C24H30N4O6. The zero-order valence-electron chi connectivity index (χ0n) is 18.9. The summed E-state index contributed by atoms with van der Waals surface area (Å²) in [5.41, 5.74) is 7.09. The number of nitrogens with two attached hydrogens (primary N) is 1. The van der Waals surface area contributed by atoms with Crippen LogP contribution in [0.25, 0.3) is 0 Å². The summed E-state index contributed by atoms with van der Waals surface area (Å²) in [5.74, 6) is -0.218. The molecule has 0 spiro atoms. The van der Waals surface area contributed by atoms with Crippen molar-refractivity contribution in [3.8, 4) is 0 Å². The average Bonchev–Trinajstić information content (AvgIpc) is 2.84. The van der Waals surface area contributed by atoms with Crippen LogP contribution in [0.1, 0.15) is 46.4 Å². The Morgan fingerprint density at radius 3 is 1.71 bits per heavy atom. The van der Waals surface area contributed by atoms with E-state index in [0.717, 1.165) is 0 Å². The third-order valence-corrected chi connectivity index (χ3v) is 5.94. The molecule has 0 bridgehead atoms. The van der Waals surface area contributed by atoms with Gasteiger partial charge in [-0.1, -0.05) is 12.1 Å². The number of carbonyl (C=O) groups is 2. The predicted molar refractivity (Wildman–Crippen MR) is 126 cm³/mol. The number of aliphatic hydroxyl groups excluding tert-OH is 2. The van der Waals surface area contributed by atoms with Gasteiger partial charge >= 0.3 is 0 Å². The van der Waals surface area contributed by atoms with Gasteiger partial charge in [-0.05, 0) is 49.9 Å². The molecular weight excluding hydrogens is 440 g/mol. The summed E-state index contributed by atoms with van der Waals surface area (Å²) in [6.45, 7) is 2.22. The molecule has 0 atom stereocenters. The number of aliphatic hydroxyl groups is 2. The van der Waals surface area contributed by atoms with Crippen molar-refractivity contribution in [1.29, 1.82) is 0 Å². The number of carbonyl (C=O) groups excluding carboxylic acids is 2. The van der Waals surface area contributed by atoms with Crippen LogP contribution in [0.4, 0.5) is 11.4 Å². The van der Waals surface area contributed by atoms with E-state index in [9.17, 15) is 29.9 Å². The van der Waals surface area contributed by atoms with Crippen molar-refractivity contribution in [3.63, 3.8) is 0 Å². The summed E-state index contributed by atoms with van der Waals surface area (Å²) in [5, 5.41) is 29.4. The molecule has 0 aromatic heterocycles. The van der Waals surface area contributed by atoms with Gasteiger partial charge in [0.1, 0.15) is 0 Å². The highest BCUT2D eigenvalue weighted by atomic mass is 16.6. The van der Waals surface area contributed by atoms with Crippen LogP contribution in [-0.2, 0) is 0 Å². The van der Waals surface area contributed by atoms with E-state index in [0.29, 0.717) is 68.7 Å². The van der Waals surface area contributed by atoms with Crippen LogP contribution in [0.15, 0.2) is 48.5 Å². The highest BCUT2D eigenvalue weighted by molar-refractivity contribution is 5.95. The molecule has 34 heavy (non-hydrogen) atoms. The number of nitrogen functional groups attached to an aromatic ring is 1. The molecule has 10 nitrogen and oxygen atoms in total. The van der Waals surface area contributed by atoms with Gasteiger partial charge in [-0.3, -0.25) is 19.7 Å². The number of hydrogen-bond acceptors (Lipinski definition) is 7. The molecule has 2 aliphatic heterocycles. The topological polar surface area (TPSA) is 150 Å². The highest BCUT2D eigenvalue weighted by Crippen LogP contribution is 2.18. The van der Waals surface area contributed by atoms with Crippen molar-refractivity contribution in [2.75, 3.05) is 31.9 Å². The largest absolute Gasteiger partial charge is 0.399 e. The fraction of sp³-hybridized carbons (Fsp3) is 0.417. The number of non-ortho nitro benzene ring substituents is 1. The first-order valence-corrected chi connectivity index (χ1v) is 11.3. The minimum absolute atomic E-state index is 0.000741. The van der Waals surface area contributed by atoms with Crippen LogP contribution in [0, 0.1) is 10.1 Å². The lowest BCUT2D eigenvalue weighted by atomic mass is 10.1. The van der Waals surface area contributed by atoms with Crippen molar-refractivity contribution in [2.45, 2.75) is 37.9 Å². The number of benzene rings is 2. The normalized spacial score (nSPS) is 17.0. The van der Waals surface area contributed by atoms with Gasteiger partial charge in [0.25, 0.3) is 17.5 Å². The van der Waals surface area contributed by atoms with E-state index in [1.54, 1.807) is 40.1 Å². The van der Waals surface area contributed by atoms with Gasteiger partial charge in [-0.25, -0.2) is 0 Å². The maximum Gasteiger partial charge on any atom is 0.270 e. The minimum atomic E-state index is -0.517. The number of hydrogen-bond donors (Lipinski definition) is 3. The molecule has 0 saturated carbocycles.